The molecule has 2 fully saturated rings. The molecule has 0 saturated carbocycles. The lowest BCUT2D eigenvalue weighted by molar-refractivity contribution is -0.402. The number of carbonyl (C=O) groups is 1. The van der Waals surface area contributed by atoms with Crippen LogP contribution in [-0.4, -0.2) is 73.6 Å². The number of nitro groups is 1. The largest absolute Gasteiger partial charge is 0.442 e. The van der Waals surface area contributed by atoms with Gasteiger partial charge in [0.1, 0.15) is 22.6 Å². The van der Waals surface area contributed by atoms with Crippen molar-refractivity contribution in [2.75, 3.05) is 56.2 Å². The van der Waals surface area contributed by atoms with Crippen LogP contribution in [0.4, 0.5) is 26.4 Å². The van der Waals surface area contributed by atoms with Crippen LogP contribution in [-0.2, 0) is 16.0 Å². The summed E-state index contributed by atoms with van der Waals surface area (Å²) >= 11 is 5.39. The van der Waals surface area contributed by atoms with Crippen LogP contribution in [0.15, 0.2) is 34.7 Å². The first-order valence-corrected chi connectivity index (χ1v) is 11.0. The number of nitrogens with zero attached hydrogens (tertiary/aromatic N) is 4. The number of ether oxygens (including phenoxy) is 2. The third kappa shape index (κ3) is 5.37. The van der Waals surface area contributed by atoms with Crippen LogP contribution in [0.3, 0.4) is 0 Å². The summed E-state index contributed by atoms with van der Waals surface area (Å²) in [6, 6.07) is 7.13. The molecule has 1 aromatic carbocycles. The number of cyclic esters (lactones) is 1. The van der Waals surface area contributed by atoms with E-state index in [-0.39, 0.29) is 24.7 Å². The zero-order valence-corrected chi connectivity index (χ0v) is 19.3. The second-order valence-electron chi connectivity index (χ2n) is 7.89. The van der Waals surface area contributed by atoms with Crippen molar-refractivity contribution < 1.29 is 28.0 Å². The molecule has 4 rings (SSSR count). The number of morpholine rings is 1. The van der Waals surface area contributed by atoms with Gasteiger partial charge in [-0.1, -0.05) is 0 Å². The highest BCUT2D eigenvalue weighted by Crippen LogP contribution is 2.28. The van der Waals surface area contributed by atoms with Gasteiger partial charge in [-0.15, -0.1) is 0 Å². The van der Waals surface area contributed by atoms with Crippen LogP contribution in [0.25, 0.3) is 0 Å². The summed E-state index contributed by atoms with van der Waals surface area (Å²) in [5.74, 6) is -0.600. The molecule has 0 aliphatic carbocycles. The predicted molar refractivity (Wildman–Crippen MR) is 124 cm³/mol. The first kappa shape index (κ1) is 23.7. The number of carbonyl (C=O) groups excluding carboxylic acids is 1. The average molecular weight is 494 g/mol. The van der Waals surface area contributed by atoms with Crippen molar-refractivity contribution in [3.63, 3.8) is 0 Å². The molecule has 1 atom stereocenters. The second-order valence-corrected chi connectivity index (χ2v) is 8.28. The van der Waals surface area contributed by atoms with Gasteiger partial charge in [0.2, 0.25) is 0 Å². The number of benzene rings is 1. The van der Waals surface area contributed by atoms with Gasteiger partial charge in [-0.05, 0) is 36.5 Å². The molecule has 1 aromatic heterocycles. The fraction of sp³-hybridized carbons (Fsp3) is 0.429. The molecule has 2 aliphatic rings. The maximum absolute atomic E-state index is 14.9. The third-order valence-corrected chi connectivity index (χ3v) is 5.93. The number of hydrogen-bond donors (Lipinski definition) is 1. The van der Waals surface area contributed by atoms with Crippen molar-refractivity contribution in [2.45, 2.75) is 12.6 Å². The number of rotatable bonds is 7. The number of thiocarbonyl (C=S) groups is 1. The van der Waals surface area contributed by atoms with Crippen molar-refractivity contribution >= 4 is 40.7 Å². The number of anilines is 2. The molecule has 13 heteroatoms. The lowest BCUT2D eigenvalue weighted by Crippen LogP contribution is -2.48. The van der Waals surface area contributed by atoms with Gasteiger partial charge < -0.3 is 29.0 Å². The molecule has 11 nitrogen and oxygen atoms in total. The minimum absolute atomic E-state index is 0.132. The lowest BCUT2D eigenvalue weighted by atomic mass is 10.2. The van der Waals surface area contributed by atoms with Gasteiger partial charge in [-0.25, -0.2) is 9.18 Å². The maximum Gasteiger partial charge on any atom is 0.433 e. The zero-order chi connectivity index (χ0) is 24.2. The van der Waals surface area contributed by atoms with E-state index >= 15 is 0 Å². The highest BCUT2D eigenvalue weighted by Gasteiger charge is 2.33. The number of furan rings is 1. The Kier molecular flexibility index (Phi) is 7.12. The Morgan fingerprint density at radius 2 is 2.09 bits per heavy atom. The van der Waals surface area contributed by atoms with E-state index in [1.807, 2.05) is 4.90 Å². The van der Waals surface area contributed by atoms with E-state index in [0.29, 0.717) is 49.4 Å². The number of hydrogen-bond acceptors (Lipinski definition) is 8. The standard InChI is InChI=1S/C21H24FN5O6S/c1-24(12-15-3-5-19(32-15)27(29)30)18-4-2-14(10-17(18)22)26-13-16(33-21(26)28)11-23-20(34)25-6-8-31-9-7-25/h2-5,10,16H,6-9,11-13H2,1H3,(H,23,34)/t16-/m0/s1. The average Bonchev–Trinajstić information content (AvgIpc) is 3.44. The quantitative estimate of drug-likeness (QED) is 0.351. The van der Waals surface area contributed by atoms with Crippen LogP contribution < -0.4 is 15.1 Å². The smallest absolute Gasteiger partial charge is 0.433 e. The molecule has 0 unspecified atom stereocenters. The van der Waals surface area contributed by atoms with Crippen molar-refractivity contribution in [1.29, 1.82) is 0 Å². The molecule has 1 N–H and O–H groups in total. The Hall–Kier alpha value is -3.45. The van der Waals surface area contributed by atoms with Gasteiger partial charge in [0, 0.05) is 20.1 Å². The number of nitrogens with one attached hydrogen (secondary N) is 1. The Balaban J connectivity index is 1.34. The summed E-state index contributed by atoms with van der Waals surface area (Å²) in [6.45, 7) is 3.38. The van der Waals surface area contributed by atoms with Crippen molar-refractivity contribution in [3.8, 4) is 0 Å². The minimum Gasteiger partial charge on any atom is -0.442 e. The Labute approximate surface area is 200 Å². The Morgan fingerprint density at radius 3 is 2.76 bits per heavy atom. The van der Waals surface area contributed by atoms with Crippen LogP contribution in [0.1, 0.15) is 5.76 Å². The fourth-order valence-corrected chi connectivity index (χ4v) is 4.03. The third-order valence-electron chi connectivity index (χ3n) is 5.53. The van der Waals surface area contributed by atoms with E-state index in [2.05, 4.69) is 5.32 Å². The SMILES string of the molecule is CN(Cc1ccc([N+](=O)[O-])o1)c1ccc(N2C[C@H](CNC(=S)N3CCOCC3)OC2=O)cc1F. The van der Waals surface area contributed by atoms with E-state index in [4.69, 9.17) is 26.1 Å². The summed E-state index contributed by atoms with van der Waals surface area (Å²) in [5, 5.41) is 14.5. The van der Waals surface area contributed by atoms with E-state index in [1.165, 1.54) is 29.2 Å². The normalized spacial score (nSPS) is 18.1. The van der Waals surface area contributed by atoms with Crippen LogP contribution in [0.5, 0.6) is 0 Å². The van der Waals surface area contributed by atoms with Crippen molar-refractivity contribution in [3.05, 3.63) is 52.0 Å². The first-order valence-electron chi connectivity index (χ1n) is 10.6. The summed E-state index contributed by atoms with van der Waals surface area (Å²) in [4.78, 5) is 27.4. The molecule has 3 heterocycles. The summed E-state index contributed by atoms with van der Waals surface area (Å²) in [7, 11) is 1.63. The van der Waals surface area contributed by atoms with Gasteiger partial charge in [-0.3, -0.25) is 15.0 Å². The molecule has 1 amide bonds. The lowest BCUT2D eigenvalue weighted by Gasteiger charge is -2.29. The topological polar surface area (TPSA) is 114 Å². The van der Waals surface area contributed by atoms with Crippen LogP contribution >= 0.6 is 12.2 Å². The van der Waals surface area contributed by atoms with Crippen molar-refractivity contribution in [1.82, 2.24) is 10.2 Å². The predicted octanol–water partition coefficient (Wildman–Crippen LogP) is 2.50. The molecule has 34 heavy (non-hydrogen) atoms. The van der Waals surface area contributed by atoms with Crippen LogP contribution in [0.2, 0.25) is 0 Å². The molecule has 2 aliphatic heterocycles. The molecule has 0 radical (unpaired) electrons. The van der Waals surface area contributed by atoms with Gasteiger partial charge in [0.15, 0.2) is 5.11 Å². The van der Waals surface area contributed by atoms with E-state index in [1.54, 1.807) is 18.0 Å². The molecule has 0 spiro atoms. The van der Waals surface area contributed by atoms with Gasteiger partial charge >= 0.3 is 12.0 Å². The molecule has 2 saturated heterocycles. The fourth-order valence-electron chi connectivity index (χ4n) is 3.76. The highest BCUT2D eigenvalue weighted by atomic mass is 32.1. The minimum atomic E-state index is -0.632. The van der Waals surface area contributed by atoms with Crippen LogP contribution in [0, 0.1) is 15.9 Å². The summed E-state index contributed by atoms with van der Waals surface area (Å²) in [6.07, 6.45) is -1.00. The highest BCUT2D eigenvalue weighted by molar-refractivity contribution is 7.80. The second kappa shape index (κ2) is 10.2. The van der Waals surface area contributed by atoms with Gasteiger partial charge in [-0.2, -0.15) is 0 Å². The molecular formula is C21H24FN5O6S. The molecular weight excluding hydrogens is 469 g/mol. The monoisotopic (exact) mass is 493 g/mol. The Morgan fingerprint density at radius 1 is 1.32 bits per heavy atom. The van der Waals surface area contributed by atoms with Crippen molar-refractivity contribution in [2.24, 2.45) is 0 Å². The first-order chi connectivity index (χ1) is 16.3. The van der Waals surface area contributed by atoms with E-state index < -0.39 is 22.9 Å². The van der Waals surface area contributed by atoms with E-state index in [9.17, 15) is 19.3 Å². The van der Waals surface area contributed by atoms with E-state index in [0.717, 1.165) is 0 Å². The number of halogens is 1. The zero-order valence-electron chi connectivity index (χ0n) is 18.4. The van der Waals surface area contributed by atoms with Gasteiger partial charge in [0.25, 0.3) is 0 Å². The van der Waals surface area contributed by atoms with Gasteiger partial charge in [0.05, 0.1) is 50.3 Å². The molecule has 182 valence electrons. The molecule has 0 bridgehead atoms. The maximum atomic E-state index is 14.9. The summed E-state index contributed by atoms with van der Waals surface area (Å²) in [5.41, 5.74) is 0.621. The number of amides is 1. The summed E-state index contributed by atoms with van der Waals surface area (Å²) < 4.78 is 30.7. The molecule has 2 aromatic rings. The Bertz CT molecular complexity index is 1080.